The zero-order chi connectivity index (χ0) is 13.9. The Morgan fingerprint density at radius 3 is 2.47 bits per heavy atom. The van der Waals surface area contributed by atoms with E-state index in [0.29, 0.717) is 19.0 Å². The molecule has 2 aliphatic rings. The average Bonchev–Trinajstić information content (AvgIpc) is 2.67. The Balaban J connectivity index is 2.07. The molecular formula is C15H28N2O2. The number of likely N-dealkylation sites (tertiary alicyclic amines) is 1. The van der Waals surface area contributed by atoms with Gasteiger partial charge < -0.3 is 15.7 Å². The van der Waals surface area contributed by atoms with Gasteiger partial charge in [0.15, 0.2) is 0 Å². The van der Waals surface area contributed by atoms with Crippen molar-refractivity contribution in [3.8, 4) is 0 Å². The highest BCUT2D eigenvalue weighted by Crippen LogP contribution is 2.36. The van der Waals surface area contributed by atoms with Crippen LogP contribution in [-0.4, -0.2) is 41.7 Å². The van der Waals surface area contributed by atoms with Crippen molar-refractivity contribution >= 4 is 5.91 Å². The first-order valence-corrected chi connectivity index (χ1v) is 7.76. The third kappa shape index (κ3) is 3.11. The van der Waals surface area contributed by atoms with Gasteiger partial charge in [0.05, 0.1) is 11.5 Å². The van der Waals surface area contributed by atoms with Gasteiger partial charge in [-0.1, -0.05) is 32.6 Å². The van der Waals surface area contributed by atoms with E-state index >= 15 is 0 Å². The van der Waals surface area contributed by atoms with Crippen LogP contribution >= 0.6 is 0 Å². The molecule has 1 aliphatic heterocycles. The average molecular weight is 268 g/mol. The van der Waals surface area contributed by atoms with Crippen molar-refractivity contribution in [2.24, 2.45) is 17.1 Å². The van der Waals surface area contributed by atoms with E-state index in [0.717, 1.165) is 38.6 Å². The number of rotatable bonds is 2. The zero-order valence-electron chi connectivity index (χ0n) is 12.1. The maximum absolute atomic E-state index is 12.8. The third-order valence-corrected chi connectivity index (χ3v) is 5.11. The summed E-state index contributed by atoms with van der Waals surface area (Å²) in [5, 5.41) is 9.98. The molecule has 0 radical (unpaired) electrons. The molecule has 1 heterocycles. The molecule has 1 aliphatic carbocycles. The highest BCUT2D eigenvalue weighted by Gasteiger charge is 2.41. The predicted octanol–water partition coefficient (Wildman–Crippen LogP) is 1.51. The molecule has 1 saturated carbocycles. The van der Waals surface area contributed by atoms with Gasteiger partial charge in [0.1, 0.15) is 0 Å². The number of amides is 1. The molecule has 0 aromatic heterocycles. The zero-order valence-corrected chi connectivity index (χ0v) is 12.1. The number of β-amino-alcohol motifs (C(OH)–C–C–N with tert-alkyl or cyclic N) is 1. The lowest BCUT2D eigenvalue weighted by atomic mass is 9.78. The van der Waals surface area contributed by atoms with Crippen LogP contribution in [0.1, 0.15) is 51.9 Å². The van der Waals surface area contributed by atoms with Crippen LogP contribution in [0.3, 0.4) is 0 Å². The van der Waals surface area contributed by atoms with Gasteiger partial charge in [0.2, 0.25) is 5.91 Å². The standard InChI is InChI=1S/C15H28N2O2/c1-12-6-9-17(10-13(12)18)14(19)15(11-16)7-4-2-3-5-8-15/h12-13,18H,2-11,16H2,1H3. The molecule has 0 aromatic carbocycles. The number of nitrogens with two attached hydrogens (primary N) is 1. The molecule has 0 bridgehead atoms. The van der Waals surface area contributed by atoms with Crippen LogP contribution in [0.5, 0.6) is 0 Å². The molecule has 2 rings (SSSR count). The van der Waals surface area contributed by atoms with Crippen molar-refractivity contribution in [1.82, 2.24) is 4.90 Å². The molecule has 2 atom stereocenters. The summed E-state index contributed by atoms with van der Waals surface area (Å²) in [6.45, 7) is 3.77. The van der Waals surface area contributed by atoms with Crippen molar-refractivity contribution in [3.63, 3.8) is 0 Å². The van der Waals surface area contributed by atoms with E-state index < -0.39 is 0 Å². The number of hydrogen-bond acceptors (Lipinski definition) is 3. The van der Waals surface area contributed by atoms with Crippen LogP contribution < -0.4 is 5.73 Å². The van der Waals surface area contributed by atoms with Gasteiger partial charge in [-0.3, -0.25) is 4.79 Å². The summed E-state index contributed by atoms with van der Waals surface area (Å²) in [5.74, 6) is 0.495. The van der Waals surface area contributed by atoms with E-state index in [9.17, 15) is 9.90 Å². The first kappa shape index (κ1) is 14.8. The Morgan fingerprint density at radius 1 is 1.32 bits per heavy atom. The highest BCUT2D eigenvalue weighted by atomic mass is 16.3. The number of hydrogen-bond donors (Lipinski definition) is 2. The van der Waals surface area contributed by atoms with Gasteiger partial charge in [-0.25, -0.2) is 0 Å². The lowest BCUT2D eigenvalue weighted by Gasteiger charge is -2.40. The Bertz CT molecular complexity index is 311. The maximum atomic E-state index is 12.8. The molecule has 19 heavy (non-hydrogen) atoms. The number of nitrogens with zero attached hydrogens (tertiary/aromatic N) is 1. The summed E-state index contributed by atoms with van der Waals surface area (Å²) in [7, 11) is 0. The normalized spacial score (nSPS) is 31.8. The molecule has 0 aromatic rings. The molecule has 3 N–H and O–H groups in total. The highest BCUT2D eigenvalue weighted by molar-refractivity contribution is 5.83. The van der Waals surface area contributed by atoms with E-state index in [1.165, 1.54) is 12.8 Å². The summed E-state index contributed by atoms with van der Waals surface area (Å²) in [6.07, 6.45) is 7.01. The van der Waals surface area contributed by atoms with Crippen molar-refractivity contribution in [2.45, 2.75) is 58.0 Å². The number of carbonyl (C=O) groups excluding carboxylic acids is 1. The van der Waals surface area contributed by atoms with Gasteiger partial charge >= 0.3 is 0 Å². The molecule has 2 unspecified atom stereocenters. The summed E-state index contributed by atoms with van der Waals surface area (Å²) in [6, 6.07) is 0. The lowest BCUT2D eigenvalue weighted by molar-refractivity contribution is -0.147. The maximum Gasteiger partial charge on any atom is 0.230 e. The molecular weight excluding hydrogens is 240 g/mol. The van der Waals surface area contributed by atoms with E-state index in [2.05, 4.69) is 6.92 Å². The van der Waals surface area contributed by atoms with Crippen molar-refractivity contribution < 1.29 is 9.90 Å². The number of piperidine rings is 1. The van der Waals surface area contributed by atoms with Crippen LogP contribution in [-0.2, 0) is 4.79 Å². The van der Waals surface area contributed by atoms with Crippen LogP contribution in [0.25, 0.3) is 0 Å². The Labute approximate surface area is 116 Å². The Kier molecular flexibility index (Phi) is 4.85. The predicted molar refractivity (Wildman–Crippen MR) is 75.6 cm³/mol. The first-order valence-electron chi connectivity index (χ1n) is 7.76. The van der Waals surface area contributed by atoms with Gasteiger partial charge in [-0.2, -0.15) is 0 Å². The molecule has 4 heteroatoms. The Hall–Kier alpha value is -0.610. The fourth-order valence-electron chi connectivity index (χ4n) is 3.48. The SMILES string of the molecule is CC1CCN(C(=O)C2(CN)CCCCCC2)CC1O. The second-order valence-corrected chi connectivity index (χ2v) is 6.48. The topological polar surface area (TPSA) is 66.6 Å². The van der Waals surface area contributed by atoms with E-state index in [1.54, 1.807) is 0 Å². The van der Waals surface area contributed by atoms with Crippen molar-refractivity contribution in [2.75, 3.05) is 19.6 Å². The first-order chi connectivity index (χ1) is 9.09. The van der Waals surface area contributed by atoms with E-state index in [4.69, 9.17) is 5.73 Å². The van der Waals surface area contributed by atoms with Crippen LogP contribution in [0.2, 0.25) is 0 Å². The second-order valence-electron chi connectivity index (χ2n) is 6.48. The third-order valence-electron chi connectivity index (χ3n) is 5.11. The van der Waals surface area contributed by atoms with Gasteiger partial charge in [-0.05, 0) is 25.2 Å². The summed E-state index contributed by atoms with van der Waals surface area (Å²) >= 11 is 0. The Morgan fingerprint density at radius 2 is 1.95 bits per heavy atom. The van der Waals surface area contributed by atoms with Gasteiger partial charge in [-0.15, -0.1) is 0 Å². The number of carbonyl (C=O) groups is 1. The lowest BCUT2D eigenvalue weighted by Crippen LogP contribution is -2.53. The fourth-order valence-corrected chi connectivity index (χ4v) is 3.48. The van der Waals surface area contributed by atoms with Crippen LogP contribution in [0, 0.1) is 11.3 Å². The smallest absolute Gasteiger partial charge is 0.230 e. The minimum Gasteiger partial charge on any atom is -0.391 e. The number of aliphatic hydroxyl groups excluding tert-OH is 1. The molecule has 2 fully saturated rings. The van der Waals surface area contributed by atoms with Gasteiger partial charge in [0.25, 0.3) is 0 Å². The minimum absolute atomic E-state index is 0.197. The largest absolute Gasteiger partial charge is 0.391 e. The summed E-state index contributed by atoms with van der Waals surface area (Å²) < 4.78 is 0. The molecule has 110 valence electrons. The van der Waals surface area contributed by atoms with Gasteiger partial charge in [0, 0.05) is 19.6 Å². The summed E-state index contributed by atoms with van der Waals surface area (Å²) in [5.41, 5.74) is 5.62. The second kappa shape index (κ2) is 6.23. The number of aliphatic hydroxyl groups is 1. The van der Waals surface area contributed by atoms with Crippen LogP contribution in [0.4, 0.5) is 0 Å². The monoisotopic (exact) mass is 268 g/mol. The summed E-state index contributed by atoms with van der Waals surface area (Å²) in [4.78, 5) is 14.7. The van der Waals surface area contributed by atoms with E-state index in [1.807, 2.05) is 4.90 Å². The molecule has 1 saturated heterocycles. The van der Waals surface area contributed by atoms with Crippen molar-refractivity contribution in [3.05, 3.63) is 0 Å². The quantitative estimate of drug-likeness (QED) is 0.746. The minimum atomic E-state index is -0.377. The molecule has 1 amide bonds. The van der Waals surface area contributed by atoms with Crippen molar-refractivity contribution in [1.29, 1.82) is 0 Å². The molecule has 4 nitrogen and oxygen atoms in total. The van der Waals surface area contributed by atoms with Crippen LogP contribution in [0.15, 0.2) is 0 Å². The molecule has 0 spiro atoms. The van der Waals surface area contributed by atoms with E-state index in [-0.39, 0.29) is 17.4 Å². The fraction of sp³-hybridized carbons (Fsp3) is 0.933.